The minimum Gasteiger partial charge on any atom is -0.355 e. The number of rotatable bonds is 6. The number of hydrogen-bond acceptors (Lipinski definition) is 5. The Labute approximate surface area is 142 Å². The van der Waals surface area contributed by atoms with Crippen LogP contribution in [0.4, 0.5) is 5.69 Å². The first kappa shape index (κ1) is 18.4. The van der Waals surface area contributed by atoms with E-state index in [0.717, 1.165) is 5.56 Å². The SMILES string of the molecule is CC(=O)Nc1ccc(CC(=O)NCCN2CCS(=O)(=O)CC2)cc1. The zero-order valence-corrected chi connectivity index (χ0v) is 14.6. The van der Waals surface area contributed by atoms with Crippen LogP contribution < -0.4 is 10.6 Å². The van der Waals surface area contributed by atoms with Gasteiger partial charge in [-0.05, 0) is 17.7 Å². The zero-order valence-electron chi connectivity index (χ0n) is 13.7. The summed E-state index contributed by atoms with van der Waals surface area (Å²) >= 11 is 0. The van der Waals surface area contributed by atoms with Crippen molar-refractivity contribution in [1.82, 2.24) is 10.2 Å². The molecule has 2 N–H and O–H groups in total. The third-order valence-electron chi connectivity index (χ3n) is 3.83. The van der Waals surface area contributed by atoms with Gasteiger partial charge in [0.15, 0.2) is 9.84 Å². The van der Waals surface area contributed by atoms with Gasteiger partial charge in [0.05, 0.1) is 17.9 Å². The highest BCUT2D eigenvalue weighted by molar-refractivity contribution is 7.91. The maximum Gasteiger partial charge on any atom is 0.224 e. The van der Waals surface area contributed by atoms with Gasteiger partial charge in [0.2, 0.25) is 11.8 Å². The molecule has 24 heavy (non-hydrogen) atoms. The Balaban J connectivity index is 1.69. The lowest BCUT2D eigenvalue weighted by atomic mass is 10.1. The standard InChI is InChI=1S/C16H23N3O4S/c1-13(20)18-15-4-2-14(3-5-15)12-16(21)17-6-7-19-8-10-24(22,23)11-9-19/h2-5H,6-12H2,1H3,(H,17,21)(H,18,20). The molecule has 0 bridgehead atoms. The van der Waals surface area contributed by atoms with Crippen LogP contribution in [0.15, 0.2) is 24.3 Å². The predicted octanol–water partition coefficient (Wildman–Crippen LogP) is 0.0341. The molecule has 1 aromatic rings. The summed E-state index contributed by atoms with van der Waals surface area (Å²) in [6, 6.07) is 7.14. The number of amides is 2. The summed E-state index contributed by atoms with van der Waals surface area (Å²) in [4.78, 5) is 24.9. The molecule has 0 aromatic heterocycles. The number of anilines is 1. The van der Waals surface area contributed by atoms with Crippen molar-refractivity contribution in [2.24, 2.45) is 0 Å². The normalized spacial score (nSPS) is 17.2. The van der Waals surface area contributed by atoms with Crippen molar-refractivity contribution in [1.29, 1.82) is 0 Å². The Morgan fingerprint density at radius 1 is 1.12 bits per heavy atom. The van der Waals surface area contributed by atoms with Gasteiger partial charge in [0, 0.05) is 38.8 Å². The molecule has 1 saturated heterocycles. The largest absolute Gasteiger partial charge is 0.355 e. The highest BCUT2D eigenvalue weighted by atomic mass is 32.2. The molecule has 0 unspecified atom stereocenters. The quantitative estimate of drug-likeness (QED) is 0.753. The molecule has 2 amide bonds. The van der Waals surface area contributed by atoms with E-state index in [1.807, 2.05) is 4.90 Å². The van der Waals surface area contributed by atoms with E-state index >= 15 is 0 Å². The number of nitrogens with one attached hydrogen (secondary N) is 2. The molecule has 0 aliphatic carbocycles. The van der Waals surface area contributed by atoms with Crippen LogP contribution in [-0.2, 0) is 25.8 Å². The summed E-state index contributed by atoms with van der Waals surface area (Å²) in [6.45, 7) is 3.66. The molecule has 8 heteroatoms. The second-order valence-electron chi connectivity index (χ2n) is 5.90. The molecule has 0 atom stereocenters. The molecular formula is C16H23N3O4S. The van der Waals surface area contributed by atoms with Crippen molar-refractivity contribution in [3.8, 4) is 0 Å². The van der Waals surface area contributed by atoms with E-state index in [1.54, 1.807) is 24.3 Å². The van der Waals surface area contributed by atoms with Crippen LogP contribution in [0.5, 0.6) is 0 Å². The van der Waals surface area contributed by atoms with Crippen LogP contribution in [0.25, 0.3) is 0 Å². The van der Waals surface area contributed by atoms with Crippen LogP contribution in [0, 0.1) is 0 Å². The smallest absolute Gasteiger partial charge is 0.224 e. The average Bonchev–Trinajstić information content (AvgIpc) is 2.50. The molecule has 2 rings (SSSR count). The minimum absolute atomic E-state index is 0.0769. The zero-order chi connectivity index (χ0) is 17.6. The molecule has 1 aliphatic heterocycles. The maximum absolute atomic E-state index is 11.9. The van der Waals surface area contributed by atoms with Gasteiger partial charge in [-0.15, -0.1) is 0 Å². The number of hydrogen-bond donors (Lipinski definition) is 2. The number of carbonyl (C=O) groups excluding carboxylic acids is 2. The lowest BCUT2D eigenvalue weighted by Gasteiger charge is -2.26. The summed E-state index contributed by atoms with van der Waals surface area (Å²) in [5.74, 6) is 0.182. The summed E-state index contributed by atoms with van der Waals surface area (Å²) in [5.41, 5.74) is 1.57. The van der Waals surface area contributed by atoms with E-state index in [-0.39, 0.29) is 29.7 Å². The second-order valence-corrected chi connectivity index (χ2v) is 8.20. The first-order chi connectivity index (χ1) is 11.3. The van der Waals surface area contributed by atoms with Crippen LogP contribution in [0.1, 0.15) is 12.5 Å². The van der Waals surface area contributed by atoms with Crippen LogP contribution in [0.2, 0.25) is 0 Å². The lowest BCUT2D eigenvalue weighted by Crippen LogP contribution is -2.44. The third-order valence-corrected chi connectivity index (χ3v) is 5.44. The molecule has 0 radical (unpaired) electrons. The number of benzene rings is 1. The Morgan fingerprint density at radius 2 is 1.75 bits per heavy atom. The number of sulfone groups is 1. The fourth-order valence-corrected chi connectivity index (χ4v) is 3.76. The summed E-state index contributed by atoms with van der Waals surface area (Å²) in [7, 11) is -2.86. The third kappa shape index (κ3) is 6.29. The van der Waals surface area contributed by atoms with Crippen LogP contribution >= 0.6 is 0 Å². The van der Waals surface area contributed by atoms with E-state index in [0.29, 0.717) is 31.9 Å². The Bertz CT molecular complexity index is 672. The van der Waals surface area contributed by atoms with Crippen LogP contribution in [-0.4, -0.2) is 62.8 Å². The second kappa shape index (κ2) is 8.25. The van der Waals surface area contributed by atoms with Gasteiger partial charge in [-0.1, -0.05) is 12.1 Å². The van der Waals surface area contributed by atoms with E-state index in [9.17, 15) is 18.0 Å². The van der Waals surface area contributed by atoms with E-state index in [1.165, 1.54) is 6.92 Å². The van der Waals surface area contributed by atoms with E-state index < -0.39 is 9.84 Å². The molecule has 0 spiro atoms. The Morgan fingerprint density at radius 3 is 2.33 bits per heavy atom. The van der Waals surface area contributed by atoms with Crippen molar-refractivity contribution < 1.29 is 18.0 Å². The maximum atomic E-state index is 11.9. The monoisotopic (exact) mass is 353 g/mol. The molecule has 1 fully saturated rings. The highest BCUT2D eigenvalue weighted by Gasteiger charge is 2.20. The van der Waals surface area contributed by atoms with Crippen molar-refractivity contribution in [3.05, 3.63) is 29.8 Å². The molecule has 7 nitrogen and oxygen atoms in total. The molecule has 1 heterocycles. The van der Waals surface area contributed by atoms with Gasteiger partial charge in [-0.2, -0.15) is 0 Å². The summed E-state index contributed by atoms with van der Waals surface area (Å²) in [6.07, 6.45) is 0.273. The summed E-state index contributed by atoms with van der Waals surface area (Å²) in [5, 5.41) is 5.52. The molecule has 132 valence electrons. The highest BCUT2D eigenvalue weighted by Crippen LogP contribution is 2.10. The fourth-order valence-electron chi connectivity index (χ4n) is 2.48. The van der Waals surface area contributed by atoms with E-state index in [2.05, 4.69) is 10.6 Å². The minimum atomic E-state index is -2.86. The number of nitrogens with zero attached hydrogens (tertiary/aromatic N) is 1. The first-order valence-corrected chi connectivity index (χ1v) is 9.72. The number of carbonyl (C=O) groups is 2. The molecule has 1 aromatic carbocycles. The van der Waals surface area contributed by atoms with Gasteiger partial charge < -0.3 is 10.6 Å². The van der Waals surface area contributed by atoms with Crippen molar-refractivity contribution in [2.45, 2.75) is 13.3 Å². The fraction of sp³-hybridized carbons (Fsp3) is 0.500. The van der Waals surface area contributed by atoms with Crippen molar-refractivity contribution in [3.63, 3.8) is 0 Å². The van der Waals surface area contributed by atoms with Crippen molar-refractivity contribution in [2.75, 3.05) is 43.0 Å². The van der Waals surface area contributed by atoms with Gasteiger partial charge in [-0.25, -0.2) is 8.42 Å². The first-order valence-electron chi connectivity index (χ1n) is 7.90. The average molecular weight is 353 g/mol. The Hall–Kier alpha value is -1.93. The molecule has 0 saturated carbocycles. The summed E-state index contributed by atoms with van der Waals surface area (Å²) < 4.78 is 22.7. The predicted molar refractivity (Wildman–Crippen MR) is 92.6 cm³/mol. The lowest BCUT2D eigenvalue weighted by molar-refractivity contribution is -0.120. The van der Waals surface area contributed by atoms with Gasteiger partial charge >= 0.3 is 0 Å². The Kier molecular flexibility index (Phi) is 6.33. The van der Waals surface area contributed by atoms with Gasteiger partial charge in [-0.3, -0.25) is 14.5 Å². The van der Waals surface area contributed by atoms with Gasteiger partial charge in [0.1, 0.15) is 0 Å². The topological polar surface area (TPSA) is 95.6 Å². The van der Waals surface area contributed by atoms with Crippen LogP contribution in [0.3, 0.4) is 0 Å². The molecule has 1 aliphatic rings. The molecular weight excluding hydrogens is 330 g/mol. The van der Waals surface area contributed by atoms with Crippen molar-refractivity contribution >= 4 is 27.3 Å². The van der Waals surface area contributed by atoms with Gasteiger partial charge in [0.25, 0.3) is 0 Å². The van der Waals surface area contributed by atoms with E-state index in [4.69, 9.17) is 0 Å².